The molecule has 0 saturated heterocycles. The van der Waals surface area contributed by atoms with Crippen LogP contribution in [0.1, 0.15) is 50.3 Å². The van der Waals surface area contributed by atoms with E-state index in [0.717, 1.165) is 16.9 Å². The van der Waals surface area contributed by atoms with Gasteiger partial charge in [0.25, 0.3) is 0 Å². The normalized spacial score (nSPS) is 13.2. The highest BCUT2D eigenvalue weighted by Gasteiger charge is 2.22. The highest BCUT2D eigenvalue weighted by molar-refractivity contribution is 6.45. The smallest absolute Gasteiger partial charge is 0.119 e. The summed E-state index contributed by atoms with van der Waals surface area (Å²) in [5.41, 5.74) is 3.64. The second-order valence-electron chi connectivity index (χ2n) is 6.69. The fourth-order valence-corrected chi connectivity index (χ4v) is 3.19. The Morgan fingerprint density at radius 2 is 1.35 bits per heavy atom. The summed E-state index contributed by atoms with van der Waals surface area (Å²) in [6, 6.07) is 16.6. The number of hydrogen-bond donors (Lipinski definition) is 0. The van der Waals surface area contributed by atoms with Crippen LogP contribution in [0.3, 0.4) is 0 Å². The molecule has 1 unspecified atom stereocenters. The molecule has 1 atom stereocenters. The van der Waals surface area contributed by atoms with Crippen molar-refractivity contribution in [2.75, 3.05) is 6.61 Å². The van der Waals surface area contributed by atoms with Gasteiger partial charge in [-0.1, -0.05) is 57.2 Å². The van der Waals surface area contributed by atoms with Crippen LogP contribution < -0.4 is 4.74 Å². The van der Waals surface area contributed by atoms with Crippen LogP contribution >= 0.6 is 23.2 Å². The van der Waals surface area contributed by atoms with Gasteiger partial charge in [-0.25, -0.2) is 0 Å². The summed E-state index contributed by atoms with van der Waals surface area (Å²) in [6.45, 7) is 9.25. The average Bonchev–Trinajstić information content (AvgIpc) is 2.49. The fraction of sp³-hybridized carbons (Fsp3) is 0.400. The lowest BCUT2D eigenvalue weighted by molar-refractivity contribution is 0.340. The fourth-order valence-electron chi connectivity index (χ4n) is 2.61. The number of hydrogen-bond acceptors (Lipinski definition) is 1. The first kappa shape index (κ1) is 18.2. The van der Waals surface area contributed by atoms with E-state index in [9.17, 15) is 0 Å². The molecule has 124 valence electrons. The zero-order valence-electron chi connectivity index (χ0n) is 14.1. The molecular formula is C20H24Cl2O. The maximum Gasteiger partial charge on any atom is 0.119 e. The van der Waals surface area contributed by atoms with Crippen molar-refractivity contribution in [1.29, 1.82) is 0 Å². The van der Waals surface area contributed by atoms with Crippen molar-refractivity contribution < 1.29 is 4.74 Å². The van der Waals surface area contributed by atoms with Gasteiger partial charge < -0.3 is 4.74 Å². The molecule has 0 bridgehead atoms. The Morgan fingerprint density at radius 3 is 1.74 bits per heavy atom. The second kappa shape index (κ2) is 7.59. The van der Waals surface area contributed by atoms with Crippen molar-refractivity contribution >= 4 is 23.2 Å². The molecule has 23 heavy (non-hydrogen) atoms. The van der Waals surface area contributed by atoms with E-state index in [1.807, 2.05) is 31.2 Å². The van der Waals surface area contributed by atoms with Crippen LogP contribution in [-0.2, 0) is 5.41 Å². The Balaban J connectivity index is 2.31. The van der Waals surface area contributed by atoms with E-state index in [4.69, 9.17) is 27.9 Å². The minimum atomic E-state index is -0.506. The summed E-state index contributed by atoms with van der Waals surface area (Å²) in [6.07, 6.45) is 0. The molecule has 2 rings (SSSR count). The number of benzene rings is 2. The standard InChI is InChI=1S/C20H24Cl2O/c1-5-23-17-12-8-15(9-13-17)18(19(21)22)14-6-10-16(11-7-14)20(2,3)4/h6-13,18-19H,5H2,1-4H3. The minimum Gasteiger partial charge on any atom is -0.494 e. The van der Waals surface area contributed by atoms with Crippen LogP contribution in [0.15, 0.2) is 48.5 Å². The average molecular weight is 351 g/mol. The van der Waals surface area contributed by atoms with Gasteiger partial charge in [-0.2, -0.15) is 0 Å². The molecule has 0 aromatic heterocycles. The maximum atomic E-state index is 6.28. The van der Waals surface area contributed by atoms with Crippen molar-refractivity contribution in [3.8, 4) is 5.75 Å². The van der Waals surface area contributed by atoms with Crippen LogP contribution in [0.2, 0.25) is 0 Å². The summed E-state index contributed by atoms with van der Waals surface area (Å²) in [5, 5.41) is 0. The van der Waals surface area contributed by atoms with E-state index in [2.05, 4.69) is 45.0 Å². The highest BCUT2D eigenvalue weighted by Crippen LogP contribution is 2.35. The van der Waals surface area contributed by atoms with Gasteiger partial charge in [0, 0.05) is 5.92 Å². The summed E-state index contributed by atoms with van der Waals surface area (Å²) in [4.78, 5) is -0.506. The molecular weight excluding hydrogens is 327 g/mol. The molecule has 0 fully saturated rings. The highest BCUT2D eigenvalue weighted by atomic mass is 35.5. The molecule has 0 aliphatic rings. The van der Waals surface area contributed by atoms with Crippen LogP contribution in [0, 0.1) is 0 Å². The van der Waals surface area contributed by atoms with E-state index in [0.29, 0.717) is 6.61 Å². The quantitative estimate of drug-likeness (QED) is 0.573. The molecule has 1 nitrogen and oxygen atoms in total. The predicted octanol–water partition coefficient (Wildman–Crippen LogP) is 6.32. The van der Waals surface area contributed by atoms with Crippen molar-refractivity contribution in [3.63, 3.8) is 0 Å². The maximum absolute atomic E-state index is 6.28. The first-order valence-electron chi connectivity index (χ1n) is 7.94. The summed E-state index contributed by atoms with van der Waals surface area (Å²) in [7, 11) is 0. The van der Waals surface area contributed by atoms with E-state index in [1.54, 1.807) is 0 Å². The molecule has 0 aliphatic carbocycles. The molecule has 0 aliphatic heterocycles. The Hall–Kier alpha value is -1.18. The Bertz CT molecular complexity index is 610. The first-order chi connectivity index (χ1) is 10.8. The van der Waals surface area contributed by atoms with Crippen LogP contribution in [0.4, 0.5) is 0 Å². The summed E-state index contributed by atoms with van der Waals surface area (Å²) in [5.74, 6) is 0.807. The third-order valence-electron chi connectivity index (χ3n) is 3.94. The monoisotopic (exact) mass is 350 g/mol. The third kappa shape index (κ3) is 4.65. The van der Waals surface area contributed by atoms with Crippen molar-refractivity contribution in [1.82, 2.24) is 0 Å². The van der Waals surface area contributed by atoms with Crippen LogP contribution in [0.25, 0.3) is 0 Å². The first-order valence-corrected chi connectivity index (χ1v) is 8.81. The SMILES string of the molecule is CCOc1ccc(C(c2ccc(C(C)(C)C)cc2)C(Cl)Cl)cc1. The molecule has 2 aromatic rings. The van der Waals surface area contributed by atoms with E-state index >= 15 is 0 Å². The Kier molecular flexibility index (Phi) is 6.00. The number of ether oxygens (including phenoxy) is 1. The van der Waals surface area contributed by atoms with Crippen molar-refractivity contribution in [2.45, 2.75) is 43.9 Å². The van der Waals surface area contributed by atoms with Crippen LogP contribution in [-0.4, -0.2) is 11.4 Å². The van der Waals surface area contributed by atoms with Gasteiger partial charge in [-0.3, -0.25) is 0 Å². The number of rotatable bonds is 5. The minimum absolute atomic E-state index is 0.0528. The van der Waals surface area contributed by atoms with E-state index in [1.165, 1.54) is 5.56 Å². The van der Waals surface area contributed by atoms with E-state index < -0.39 is 4.84 Å². The molecule has 0 heterocycles. The van der Waals surface area contributed by atoms with Gasteiger partial charge in [0.2, 0.25) is 0 Å². The number of halogens is 2. The zero-order chi connectivity index (χ0) is 17.0. The van der Waals surface area contributed by atoms with E-state index in [-0.39, 0.29) is 11.3 Å². The van der Waals surface area contributed by atoms with Gasteiger partial charge in [0.05, 0.1) is 6.61 Å². The van der Waals surface area contributed by atoms with Gasteiger partial charge in [0.15, 0.2) is 0 Å². The molecule has 0 amide bonds. The van der Waals surface area contributed by atoms with Gasteiger partial charge in [-0.15, -0.1) is 23.2 Å². The lowest BCUT2D eigenvalue weighted by Gasteiger charge is -2.23. The van der Waals surface area contributed by atoms with Gasteiger partial charge in [-0.05, 0) is 41.2 Å². The van der Waals surface area contributed by atoms with Gasteiger partial charge in [0.1, 0.15) is 10.6 Å². The Labute approximate surface area is 149 Å². The summed E-state index contributed by atoms with van der Waals surface area (Å²) < 4.78 is 5.49. The van der Waals surface area contributed by atoms with Gasteiger partial charge >= 0.3 is 0 Å². The largest absolute Gasteiger partial charge is 0.494 e. The lowest BCUT2D eigenvalue weighted by atomic mass is 9.85. The predicted molar refractivity (Wildman–Crippen MR) is 100 cm³/mol. The lowest BCUT2D eigenvalue weighted by Crippen LogP contribution is -2.13. The summed E-state index contributed by atoms with van der Waals surface area (Å²) >= 11 is 12.6. The molecule has 0 saturated carbocycles. The zero-order valence-corrected chi connectivity index (χ0v) is 15.7. The molecule has 0 spiro atoms. The topological polar surface area (TPSA) is 9.23 Å². The number of alkyl halides is 2. The second-order valence-corrected chi connectivity index (χ2v) is 7.85. The molecule has 0 radical (unpaired) electrons. The molecule has 2 aromatic carbocycles. The van der Waals surface area contributed by atoms with Crippen molar-refractivity contribution in [2.24, 2.45) is 0 Å². The third-order valence-corrected chi connectivity index (χ3v) is 4.44. The van der Waals surface area contributed by atoms with Crippen molar-refractivity contribution in [3.05, 3.63) is 65.2 Å². The Morgan fingerprint density at radius 1 is 0.870 bits per heavy atom. The molecule has 0 N–H and O–H groups in total. The molecule has 3 heteroatoms. The van der Waals surface area contributed by atoms with Crippen LogP contribution in [0.5, 0.6) is 5.75 Å².